The minimum Gasteiger partial charge on any atom is -0.493 e. The lowest BCUT2D eigenvalue weighted by Crippen LogP contribution is -2.25. The van der Waals surface area contributed by atoms with Crippen molar-refractivity contribution in [2.24, 2.45) is 0 Å². The molecule has 6 nitrogen and oxygen atoms in total. The Balaban J connectivity index is 1.89. The standard InChI is InChI=1S/C27H29N3O3/c1-15-13-19-17(6-8-22(28)30-19)25(23(15)21(14-31)33-27(2,3)4)18-5-7-20-24-16(10-12-32-20)9-11-29-26(18)24/h5-9,11,13,21,31H,10,12,14H2,1-4H3,(H2,28,30). The molecule has 1 aliphatic heterocycles. The predicted molar refractivity (Wildman–Crippen MR) is 131 cm³/mol. The number of hydrogen-bond donors (Lipinski definition) is 2. The van der Waals surface area contributed by atoms with Crippen molar-refractivity contribution in [1.82, 2.24) is 9.97 Å². The van der Waals surface area contributed by atoms with E-state index in [0.29, 0.717) is 12.4 Å². The molecule has 0 bridgehead atoms. The fraction of sp³-hybridized carbons (Fsp3) is 0.333. The number of pyridine rings is 2. The smallest absolute Gasteiger partial charge is 0.129 e. The molecule has 6 heteroatoms. The molecule has 0 spiro atoms. The molecular weight excluding hydrogens is 414 g/mol. The lowest BCUT2D eigenvalue weighted by Gasteiger charge is -2.30. The first kappa shape index (κ1) is 21.6. The molecule has 0 radical (unpaired) electrons. The average Bonchev–Trinajstić information content (AvgIpc) is 2.77. The summed E-state index contributed by atoms with van der Waals surface area (Å²) in [4.78, 5) is 9.38. The zero-order chi connectivity index (χ0) is 23.3. The van der Waals surface area contributed by atoms with E-state index in [1.54, 1.807) is 0 Å². The van der Waals surface area contributed by atoms with Gasteiger partial charge in [0.2, 0.25) is 0 Å². The lowest BCUT2D eigenvalue weighted by molar-refractivity contribution is -0.0821. The Morgan fingerprint density at radius 1 is 1.18 bits per heavy atom. The summed E-state index contributed by atoms with van der Waals surface area (Å²) < 4.78 is 12.3. The molecule has 170 valence electrons. The second-order valence-electron chi connectivity index (χ2n) is 9.59. The van der Waals surface area contributed by atoms with Gasteiger partial charge in [-0.15, -0.1) is 0 Å². The minimum absolute atomic E-state index is 0.142. The van der Waals surface area contributed by atoms with Crippen molar-refractivity contribution in [2.75, 3.05) is 18.9 Å². The number of anilines is 1. The Morgan fingerprint density at radius 2 is 2.00 bits per heavy atom. The number of hydrogen-bond acceptors (Lipinski definition) is 6. The van der Waals surface area contributed by atoms with E-state index in [9.17, 15) is 5.11 Å². The van der Waals surface area contributed by atoms with Gasteiger partial charge in [-0.25, -0.2) is 4.98 Å². The normalized spacial score (nSPS) is 14.5. The van der Waals surface area contributed by atoms with Crippen LogP contribution in [0.15, 0.2) is 42.6 Å². The number of nitrogens with two attached hydrogens (primary N) is 1. The fourth-order valence-corrected chi connectivity index (χ4v) is 4.86. The highest BCUT2D eigenvalue weighted by Gasteiger charge is 2.28. The van der Waals surface area contributed by atoms with E-state index in [1.165, 1.54) is 5.56 Å². The topological polar surface area (TPSA) is 90.5 Å². The maximum atomic E-state index is 10.4. The van der Waals surface area contributed by atoms with Gasteiger partial charge < -0.3 is 20.3 Å². The summed E-state index contributed by atoms with van der Waals surface area (Å²) in [5.41, 5.74) is 12.3. The van der Waals surface area contributed by atoms with Crippen LogP contribution in [0.1, 0.15) is 43.6 Å². The Bertz CT molecular complexity index is 1360. The largest absolute Gasteiger partial charge is 0.493 e. The summed E-state index contributed by atoms with van der Waals surface area (Å²) in [6.45, 7) is 8.54. The first-order chi connectivity index (χ1) is 15.8. The summed E-state index contributed by atoms with van der Waals surface area (Å²) in [5, 5.41) is 12.4. The van der Waals surface area contributed by atoms with Gasteiger partial charge in [-0.1, -0.05) is 0 Å². The molecule has 0 aliphatic carbocycles. The molecule has 2 aromatic carbocycles. The van der Waals surface area contributed by atoms with E-state index in [0.717, 1.165) is 56.2 Å². The van der Waals surface area contributed by atoms with Crippen LogP contribution in [-0.4, -0.2) is 33.9 Å². The molecule has 0 saturated heterocycles. The Labute approximate surface area is 193 Å². The van der Waals surface area contributed by atoms with Crippen molar-refractivity contribution in [2.45, 2.75) is 45.8 Å². The van der Waals surface area contributed by atoms with Crippen LogP contribution in [0.5, 0.6) is 5.75 Å². The predicted octanol–water partition coefficient (Wildman–Crippen LogP) is 5.12. The molecular formula is C27H29N3O3. The van der Waals surface area contributed by atoms with Gasteiger partial charge in [0, 0.05) is 29.0 Å². The summed E-state index contributed by atoms with van der Waals surface area (Å²) in [7, 11) is 0. The second-order valence-corrected chi connectivity index (χ2v) is 9.59. The Hall–Kier alpha value is -3.22. The Morgan fingerprint density at radius 3 is 2.76 bits per heavy atom. The molecule has 4 aromatic rings. The molecule has 0 amide bonds. The van der Waals surface area contributed by atoms with Crippen LogP contribution in [0.3, 0.4) is 0 Å². The van der Waals surface area contributed by atoms with Gasteiger partial charge in [0.1, 0.15) is 17.7 Å². The van der Waals surface area contributed by atoms with E-state index >= 15 is 0 Å². The van der Waals surface area contributed by atoms with Crippen molar-refractivity contribution >= 4 is 27.6 Å². The number of aliphatic hydroxyl groups is 1. The van der Waals surface area contributed by atoms with Gasteiger partial charge in [-0.3, -0.25) is 4.98 Å². The van der Waals surface area contributed by atoms with Crippen LogP contribution in [0.4, 0.5) is 5.82 Å². The second kappa shape index (κ2) is 7.97. The van der Waals surface area contributed by atoms with Crippen LogP contribution in [0.2, 0.25) is 0 Å². The molecule has 0 saturated carbocycles. The number of aromatic nitrogens is 2. The van der Waals surface area contributed by atoms with Crippen LogP contribution in [0.25, 0.3) is 32.9 Å². The third-order valence-corrected chi connectivity index (χ3v) is 6.09. The van der Waals surface area contributed by atoms with Crippen molar-refractivity contribution < 1.29 is 14.6 Å². The van der Waals surface area contributed by atoms with E-state index < -0.39 is 11.7 Å². The SMILES string of the molecule is Cc1cc2nc(N)ccc2c(-c2ccc3c4c(ccnc24)CCO3)c1C(CO)OC(C)(C)C. The van der Waals surface area contributed by atoms with Gasteiger partial charge in [0.05, 0.1) is 29.8 Å². The van der Waals surface area contributed by atoms with E-state index in [-0.39, 0.29) is 6.61 Å². The third-order valence-electron chi connectivity index (χ3n) is 6.09. The minimum atomic E-state index is -0.510. The number of aliphatic hydroxyl groups excluding tert-OH is 1. The van der Waals surface area contributed by atoms with Crippen molar-refractivity contribution in [1.29, 1.82) is 0 Å². The molecule has 2 aromatic heterocycles. The monoisotopic (exact) mass is 443 g/mol. The van der Waals surface area contributed by atoms with Crippen molar-refractivity contribution in [3.63, 3.8) is 0 Å². The summed E-state index contributed by atoms with van der Waals surface area (Å²) >= 11 is 0. The number of benzene rings is 2. The summed E-state index contributed by atoms with van der Waals surface area (Å²) in [6, 6.07) is 12.0. The molecule has 3 N–H and O–H groups in total. The molecule has 3 heterocycles. The summed E-state index contributed by atoms with van der Waals surface area (Å²) in [5.74, 6) is 1.32. The van der Waals surface area contributed by atoms with Crippen LogP contribution in [-0.2, 0) is 11.2 Å². The summed E-state index contributed by atoms with van der Waals surface area (Å²) in [6.07, 6.45) is 2.20. The van der Waals surface area contributed by atoms with Crippen molar-refractivity contribution in [3.05, 3.63) is 59.3 Å². The Kier molecular flexibility index (Phi) is 5.22. The van der Waals surface area contributed by atoms with Gasteiger partial charge in [0.25, 0.3) is 0 Å². The molecule has 5 rings (SSSR count). The van der Waals surface area contributed by atoms with Crippen LogP contribution < -0.4 is 10.5 Å². The quantitative estimate of drug-likeness (QED) is 0.455. The zero-order valence-corrected chi connectivity index (χ0v) is 19.5. The zero-order valence-electron chi connectivity index (χ0n) is 19.5. The maximum absolute atomic E-state index is 10.4. The van der Waals surface area contributed by atoms with Crippen LogP contribution in [0, 0.1) is 6.92 Å². The highest BCUT2D eigenvalue weighted by molar-refractivity contribution is 6.07. The van der Waals surface area contributed by atoms with E-state index in [1.807, 2.05) is 58.2 Å². The maximum Gasteiger partial charge on any atom is 0.129 e. The average molecular weight is 444 g/mol. The highest BCUT2D eigenvalue weighted by atomic mass is 16.5. The highest BCUT2D eigenvalue weighted by Crippen LogP contribution is 2.44. The lowest BCUT2D eigenvalue weighted by atomic mass is 9.86. The third kappa shape index (κ3) is 3.79. The molecule has 33 heavy (non-hydrogen) atoms. The number of nitrogens with zero attached hydrogens (tertiary/aromatic N) is 2. The van der Waals surface area contributed by atoms with Gasteiger partial charge in [-0.2, -0.15) is 0 Å². The van der Waals surface area contributed by atoms with Gasteiger partial charge in [0.15, 0.2) is 0 Å². The molecule has 1 unspecified atom stereocenters. The van der Waals surface area contributed by atoms with Gasteiger partial charge >= 0.3 is 0 Å². The fourth-order valence-electron chi connectivity index (χ4n) is 4.86. The number of nitrogen functional groups attached to an aromatic ring is 1. The van der Waals surface area contributed by atoms with E-state index in [2.05, 4.69) is 17.1 Å². The van der Waals surface area contributed by atoms with E-state index in [4.69, 9.17) is 20.2 Å². The van der Waals surface area contributed by atoms with Gasteiger partial charge in [-0.05, 0) is 86.3 Å². The first-order valence-electron chi connectivity index (χ1n) is 11.3. The molecule has 0 fully saturated rings. The number of aryl methyl sites for hydroxylation is 1. The molecule has 1 atom stereocenters. The number of rotatable bonds is 4. The molecule has 1 aliphatic rings. The van der Waals surface area contributed by atoms with Crippen molar-refractivity contribution in [3.8, 4) is 16.9 Å². The van der Waals surface area contributed by atoms with Crippen LogP contribution >= 0.6 is 0 Å². The first-order valence-corrected chi connectivity index (χ1v) is 11.3. The number of fused-ring (bicyclic) bond motifs is 1. The number of ether oxygens (including phenoxy) is 2.